The Morgan fingerprint density at radius 1 is 0.688 bits per heavy atom. The first-order valence-electron chi connectivity index (χ1n) is 17.2. The van der Waals surface area contributed by atoms with E-state index in [9.17, 15) is 0 Å². The molecule has 0 aliphatic rings. The number of ether oxygens (including phenoxy) is 1. The number of nitrogens with zero attached hydrogens (tertiary/aromatic N) is 4. The normalized spacial score (nSPS) is 11.8. The Bertz CT molecular complexity index is 2220. The molecule has 0 saturated carbocycles. The fraction of sp³-hybridized carbons (Fsp3) is 0.256. The molecule has 5 nitrogen and oxygen atoms in total. The minimum atomic E-state index is 0.588. The summed E-state index contributed by atoms with van der Waals surface area (Å²) in [5.41, 5.74) is 10.3. The van der Waals surface area contributed by atoms with E-state index in [1.165, 1.54) is 33.0 Å². The van der Waals surface area contributed by atoms with E-state index in [1.54, 1.807) is 0 Å². The van der Waals surface area contributed by atoms with Gasteiger partial charge < -0.3 is 4.74 Å². The number of fused-ring (bicyclic) bond motifs is 3. The Morgan fingerprint density at radius 3 is 2.29 bits per heavy atom. The smallest absolute Gasteiger partial charge is 0.137 e. The lowest BCUT2D eigenvalue weighted by Gasteiger charge is -2.12. The van der Waals surface area contributed by atoms with Gasteiger partial charge in [0.2, 0.25) is 0 Å². The highest BCUT2D eigenvalue weighted by atomic mass is 16.5. The van der Waals surface area contributed by atoms with Gasteiger partial charge in [-0.3, -0.25) is 4.57 Å². The maximum Gasteiger partial charge on any atom is 0.137 e. The first-order valence-corrected chi connectivity index (χ1v) is 17.2. The SMILES string of the molecule is Cc1nn(-c2cccc(Oc3ccc4c5cc(CC(C)C)ccc5n(-c5cc(CCC(C)C)ccn5)c4c3)c2)c(C)c1-c1ccccc1. The number of aryl methyl sites for hydroxylation is 2. The maximum absolute atomic E-state index is 6.59. The summed E-state index contributed by atoms with van der Waals surface area (Å²) >= 11 is 0. The first kappa shape index (κ1) is 31.4. The largest absolute Gasteiger partial charge is 0.457 e. The van der Waals surface area contributed by atoms with E-state index >= 15 is 0 Å². The molecule has 0 unspecified atom stereocenters. The number of hydrogen-bond acceptors (Lipinski definition) is 3. The van der Waals surface area contributed by atoms with Gasteiger partial charge in [-0.05, 0) is 110 Å². The second-order valence-corrected chi connectivity index (χ2v) is 13.8. The highest BCUT2D eigenvalue weighted by molar-refractivity contribution is 6.09. The third kappa shape index (κ3) is 6.25. The molecule has 242 valence electrons. The van der Waals surface area contributed by atoms with Gasteiger partial charge in [-0.25, -0.2) is 9.67 Å². The lowest BCUT2D eigenvalue weighted by Crippen LogP contribution is -2.00. The summed E-state index contributed by atoms with van der Waals surface area (Å²) in [6.07, 6.45) is 5.18. The molecule has 0 atom stereocenters. The summed E-state index contributed by atoms with van der Waals surface area (Å²) in [5, 5.41) is 7.36. The van der Waals surface area contributed by atoms with Crippen LogP contribution in [0.1, 0.15) is 56.6 Å². The van der Waals surface area contributed by atoms with Crippen LogP contribution in [0, 0.1) is 25.7 Å². The lowest BCUT2D eigenvalue weighted by molar-refractivity contribution is 0.482. The summed E-state index contributed by atoms with van der Waals surface area (Å²) in [4.78, 5) is 4.89. The van der Waals surface area contributed by atoms with Gasteiger partial charge in [-0.1, -0.05) is 70.2 Å². The quantitative estimate of drug-likeness (QED) is 0.151. The van der Waals surface area contributed by atoms with Crippen molar-refractivity contribution < 1.29 is 4.74 Å². The summed E-state index contributed by atoms with van der Waals surface area (Å²) in [5.74, 6) is 3.72. The van der Waals surface area contributed by atoms with Gasteiger partial charge in [0.25, 0.3) is 0 Å². The Labute approximate surface area is 283 Å². The van der Waals surface area contributed by atoms with Gasteiger partial charge in [0.05, 0.1) is 22.4 Å². The first-order chi connectivity index (χ1) is 23.2. The van der Waals surface area contributed by atoms with E-state index in [2.05, 4.69) is 131 Å². The van der Waals surface area contributed by atoms with Crippen LogP contribution in [0.5, 0.6) is 11.5 Å². The molecule has 3 heterocycles. The van der Waals surface area contributed by atoms with Crippen molar-refractivity contribution in [3.05, 3.63) is 132 Å². The Kier molecular flexibility index (Phi) is 8.62. The predicted molar refractivity (Wildman–Crippen MR) is 199 cm³/mol. The zero-order valence-electron chi connectivity index (χ0n) is 28.9. The molecule has 5 heteroatoms. The third-order valence-electron chi connectivity index (χ3n) is 9.15. The molecule has 0 aliphatic carbocycles. The molecule has 7 rings (SSSR count). The molecule has 4 aromatic carbocycles. The zero-order valence-corrected chi connectivity index (χ0v) is 28.9. The van der Waals surface area contributed by atoms with Crippen LogP contribution < -0.4 is 4.74 Å². The van der Waals surface area contributed by atoms with E-state index in [-0.39, 0.29) is 0 Å². The summed E-state index contributed by atoms with van der Waals surface area (Å²) < 4.78 is 10.9. The topological polar surface area (TPSA) is 44.9 Å². The van der Waals surface area contributed by atoms with Gasteiger partial charge >= 0.3 is 0 Å². The monoisotopic (exact) mass is 632 g/mol. The fourth-order valence-electron chi connectivity index (χ4n) is 6.88. The van der Waals surface area contributed by atoms with E-state index in [4.69, 9.17) is 14.8 Å². The van der Waals surface area contributed by atoms with Gasteiger partial charge in [0, 0.05) is 40.4 Å². The van der Waals surface area contributed by atoms with Crippen LogP contribution in [0.25, 0.3) is 44.4 Å². The lowest BCUT2D eigenvalue weighted by atomic mass is 10.0. The zero-order chi connectivity index (χ0) is 33.4. The molecule has 0 N–H and O–H groups in total. The molecule has 7 aromatic rings. The maximum atomic E-state index is 6.59. The molecule has 0 amide bonds. The van der Waals surface area contributed by atoms with Gasteiger partial charge in [-0.2, -0.15) is 5.10 Å². The van der Waals surface area contributed by atoms with E-state index < -0.39 is 0 Å². The predicted octanol–water partition coefficient (Wildman–Crippen LogP) is 11.2. The molecule has 3 aromatic heterocycles. The van der Waals surface area contributed by atoms with Gasteiger partial charge in [0.1, 0.15) is 17.3 Å². The Balaban J connectivity index is 1.29. The van der Waals surface area contributed by atoms with Gasteiger partial charge in [-0.15, -0.1) is 0 Å². The molecule has 0 spiro atoms. The molecule has 48 heavy (non-hydrogen) atoms. The second-order valence-electron chi connectivity index (χ2n) is 13.8. The molecule has 0 saturated heterocycles. The van der Waals surface area contributed by atoms with Crippen molar-refractivity contribution in [2.45, 2.75) is 60.8 Å². The van der Waals surface area contributed by atoms with E-state index in [1.807, 2.05) is 29.1 Å². The van der Waals surface area contributed by atoms with Crippen LogP contribution in [-0.2, 0) is 12.8 Å². The molecule has 0 aliphatic heterocycles. The van der Waals surface area contributed by atoms with E-state index in [0.29, 0.717) is 11.8 Å². The molecule has 0 bridgehead atoms. The number of aromatic nitrogens is 4. The van der Waals surface area contributed by atoms with Crippen molar-refractivity contribution >= 4 is 21.8 Å². The number of rotatable bonds is 10. The van der Waals surface area contributed by atoms with Crippen molar-refractivity contribution in [2.24, 2.45) is 11.8 Å². The van der Waals surface area contributed by atoms with Gasteiger partial charge in [0.15, 0.2) is 0 Å². The number of hydrogen-bond donors (Lipinski definition) is 0. The summed E-state index contributed by atoms with van der Waals surface area (Å²) in [6, 6.07) is 36.4. The van der Waals surface area contributed by atoms with Crippen LogP contribution in [0.15, 0.2) is 109 Å². The Hall–Kier alpha value is -5.16. The van der Waals surface area contributed by atoms with Crippen molar-refractivity contribution in [2.75, 3.05) is 0 Å². The highest BCUT2D eigenvalue weighted by Crippen LogP contribution is 2.37. The average molecular weight is 633 g/mol. The van der Waals surface area contributed by atoms with Crippen molar-refractivity contribution in [1.82, 2.24) is 19.3 Å². The van der Waals surface area contributed by atoms with Crippen LogP contribution in [0.4, 0.5) is 0 Å². The van der Waals surface area contributed by atoms with Crippen molar-refractivity contribution in [3.8, 4) is 34.1 Å². The van der Waals surface area contributed by atoms with Crippen molar-refractivity contribution in [3.63, 3.8) is 0 Å². The minimum Gasteiger partial charge on any atom is -0.457 e. The fourth-order valence-corrected chi connectivity index (χ4v) is 6.88. The molecule has 0 fully saturated rings. The highest BCUT2D eigenvalue weighted by Gasteiger charge is 2.17. The number of pyridine rings is 1. The average Bonchev–Trinajstić information content (AvgIpc) is 3.56. The summed E-state index contributed by atoms with van der Waals surface area (Å²) in [7, 11) is 0. The third-order valence-corrected chi connectivity index (χ3v) is 9.15. The van der Waals surface area contributed by atoms with E-state index in [0.717, 1.165) is 64.7 Å². The van der Waals surface area contributed by atoms with Crippen molar-refractivity contribution in [1.29, 1.82) is 0 Å². The molecular weight excluding hydrogens is 589 g/mol. The Morgan fingerprint density at radius 2 is 1.50 bits per heavy atom. The second kappa shape index (κ2) is 13.2. The van der Waals surface area contributed by atoms with Crippen LogP contribution in [-0.4, -0.2) is 19.3 Å². The van der Waals surface area contributed by atoms with Crippen LogP contribution in [0.2, 0.25) is 0 Å². The van der Waals surface area contributed by atoms with Crippen LogP contribution in [0.3, 0.4) is 0 Å². The standard InChI is InChI=1S/C43H44N4O/c1-28(2)15-16-32-21-22-44-42(25-32)46-40-20-17-33(23-29(3)4)24-39(40)38-19-18-37(27-41(38)46)48-36-14-10-13-35(26-36)47-31(6)43(30(5)45-47)34-11-8-7-9-12-34/h7-14,17-22,24-29H,15-16,23H2,1-6H3. The number of benzene rings is 4. The minimum absolute atomic E-state index is 0.588. The summed E-state index contributed by atoms with van der Waals surface area (Å²) in [6.45, 7) is 13.3. The van der Waals surface area contributed by atoms with Crippen LogP contribution >= 0.6 is 0 Å². The molecular formula is C43H44N4O. The molecule has 0 radical (unpaired) electrons.